The molecular formula is C20H21N3O2. The van der Waals surface area contributed by atoms with E-state index in [1.807, 2.05) is 36.4 Å². The quantitative estimate of drug-likeness (QED) is 0.648. The van der Waals surface area contributed by atoms with E-state index in [1.54, 1.807) is 25.6 Å². The van der Waals surface area contributed by atoms with Gasteiger partial charge in [0.05, 0.1) is 7.11 Å². The number of ether oxygens (including phenoxy) is 1. The number of rotatable bonds is 6. The Morgan fingerprint density at radius 2 is 2.04 bits per heavy atom. The molecule has 5 heteroatoms. The average Bonchev–Trinajstić information content (AvgIpc) is 2.64. The Bertz CT molecular complexity index is 805. The number of methoxy groups -OCH3 is 1. The number of hydrogen-bond donors (Lipinski definition) is 1. The van der Waals surface area contributed by atoms with Crippen LogP contribution in [-0.2, 0) is 11.3 Å². The molecular weight excluding hydrogens is 314 g/mol. The second-order valence-corrected chi connectivity index (χ2v) is 5.86. The smallest absolute Gasteiger partial charge is 0.262 e. The molecule has 1 amide bonds. The third-order valence-corrected chi connectivity index (χ3v) is 3.79. The van der Waals surface area contributed by atoms with Crippen LogP contribution in [0.15, 0.2) is 48.3 Å². The summed E-state index contributed by atoms with van der Waals surface area (Å²) in [5.74, 6) is 0.541. The molecule has 2 aromatic rings. The Hall–Kier alpha value is -3.13. The number of nitriles is 1. The van der Waals surface area contributed by atoms with Crippen molar-refractivity contribution in [1.29, 1.82) is 5.26 Å². The van der Waals surface area contributed by atoms with Crippen molar-refractivity contribution >= 4 is 12.0 Å². The van der Waals surface area contributed by atoms with Crippen molar-refractivity contribution in [2.75, 3.05) is 7.11 Å². The van der Waals surface area contributed by atoms with Gasteiger partial charge >= 0.3 is 0 Å². The molecule has 0 radical (unpaired) electrons. The highest BCUT2D eigenvalue weighted by atomic mass is 16.5. The highest BCUT2D eigenvalue weighted by Crippen LogP contribution is 2.26. The summed E-state index contributed by atoms with van der Waals surface area (Å²) in [6.45, 7) is 4.51. The van der Waals surface area contributed by atoms with Gasteiger partial charge in [-0.25, -0.2) is 0 Å². The average molecular weight is 335 g/mol. The summed E-state index contributed by atoms with van der Waals surface area (Å²) in [7, 11) is 1.57. The minimum absolute atomic E-state index is 0.0354. The lowest BCUT2D eigenvalue weighted by Gasteiger charge is -2.11. The molecule has 0 saturated heterocycles. The standard InChI is InChI=1S/C20H21N3O2/c1-14(2)16-4-5-19(25-3)17(10-16)11-18(12-21)20(24)23-13-15-6-8-22-9-7-15/h4-11,14H,13H2,1-3H3,(H,23,24)/b18-11+. The predicted octanol–water partition coefficient (Wildman–Crippen LogP) is 3.44. The second-order valence-electron chi connectivity index (χ2n) is 5.86. The summed E-state index contributed by atoms with van der Waals surface area (Å²) < 4.78 is 5.34. The van der Waals surface area contributed by atoms with E-state index < -0.39 is 5.91 Å². The van der Waals surface area contributed by atoms with Crippen molar-refractivity contribution in [2.24, 2.45) is 0 Å². The van der Waals surface area contributed by atoms with Crippen LogP contribution in [0.3, 0.4) is 0 Å². The zero-order chi connectivity index (χ0) is 18.2. The maximum atomic E-state index is 12.3. The molecule has 1 N–H and O–H groups in total. The molecule has 1 aromatic carbocycles. The van der Waals surface area contributed by atoms with Crippen LogP contribution in [0.1, 0.15) is 36.5 Å². The van der Waals surface area contributed by atoms with Crippen molar-refractivity contribution in [3.63, 3.8) is 0 Å². The maximum Gasteiger partial charge on any atom is 0.262 e. The largest absolute Gasteiger partial charge is 0.496 e. The Labute approximate surface area is 148 Å². The first kappa shape index (κ1) is 18.2. The number of benzene rings is 1. The van der Waals surface area contributed by atoms with Crippen LogP contribution >= 0.6 is 0 Å². The van der Waals surface area contributed by atoms with Gasteiger partial charge in [-0.1, -0.05) is 19.9 Å². The molecule has 0 atom stereocenters. The zero-order valence-electron chi connectivity index (χ0n) is 14.6. The number of nitrogens with zero attached hydrogens (tertiary/aromatic N) is 2. The van der Waals surface area contributed by atoms with Gasteiger partial charge in [-0.15, -0.1) is 0 Å². The van der Waals surface area contributed by atoms with Crippen molar-refractivity contribution in [3.05, 3.63) is 65.0 Å². The van der Waals surface area contributed by atoms with Crippen LogP contribution in [0.4, 0.5) is 0 Å². The maximum absolute atomic E-state index is 12.3. The van der Waals surface area contributed by atoms with Gasteiger partial charge in [-0.3, -0.25) is 9.78 Å². The van der Waals surface area contributed by atoms with Gasteiger partial charge < -0.3 is 10.1 Å². The SMILES string of the molecule is COc1ccc(C(C)C)cc1/C=C(\C#N)C(=O)NCc1ccncc1. The lowest BCUT2D eigenvalue weighted by molar-refractivity contribution is -0.117. The first-order valence-electron chi connectivity index (χ1n) is 8.02. The number of amides is 1. The number of pyridine rings is 1. The minimum atomic E-state index is -0.420. The molecule has 128 valence electrons. The van der Waals surface area contributed by atoms with Gasteiger partial charge in [0.2, 0.25) is 0 Å². The zero-order valence-corrected chi connectivity index (χ0v) is 14.6. The van der Waals surface area contributed by atoms with E-state index in [-0.39, 0.29) is 5.57 Å². The minimum Gasteiger partial charge on any atom is -0.496 e. The molecule has 0 aliphatic heterocycles. The van der Waals surface area contributed by atoms with E-state index in [9.17, 15) is 10.1 Å². The van der Waals surface area contributed by atoms with Gasteiger partial charge in [-0.2, -0.15) is 5.26 Å². The van der Waals surface area contributed by atoms with E-state index in [2.05, 4.69) is 24.1 Å². The third-order valence-electron chi connectivity index (χ3n) is 3.79. The summed E-state index contributed by atoms with van der Waals surface area (Å²) in [5.41, 5.74) is 2.78. The van der Waals surface area contributed by atoms with Gasteiger partial charge in [0.25, 0.3) is 5.91 Å². The fraction of sp³-hybridized carbons (Fsp3) is 0.250. The Morgan fingerprint density at radius 3 is 2.64 bits per heavy atom. The Kier molecular flexibility index (Phi) is 6.30. The molecule has 0 bridgehead atoms. The van der Waals surface area contributed by atoms with E-state index in [1.165, 1.54) is 0 Å². The van der Waals surface area contributed by atoms with Gasteiger partial charge in [0, 0.05) is 24.5 Å². The number of aromatic nitrogens is 1. The fourth-order valence-corrected chi connectivity index (χ4v) is 2.31. The number of nitrogens with one attached hydrogen (secondary N) is 1. The molecule has 5 nitrogen and oxygen atoms in total. The van der Waals surface area contributed by atoms with E-state index in [0.29, 0.717) is 23.8 Å². The molecule has 1 heterocycles. The second kappa shape index (κ2) is 8.65. The van der Waals surface area contributed by atoms with E-state index >= 15 is 0 Å². The molecule has 0 saturated carbocycles. The van der Waals surface area contributed by atoms with Crippen LogP contribution in [0.2, 0.25) is 0 Å². The van der Waals surface area contributed by atoms with Crippen LogP contribution in [0.25, 0.3) is 6.08 Å². The molecule has 0 unspecified atom stereocenters. The fourth-order valence-electron chi connectivity index (χ4n) is 2.31. The normalized spacial score (nSPS) is 11.1. The molecule has 0 aliphatic rings. The first-order chi connectivity index (χ1) is 12.0. The molecule has 0 aliphatic carbocycles. The number of carbonyl (C=O) groups is 1. The van der Waals surface area contributed by atoms with Gasteiger partial charge in [-0.05, 0) is 47.4 Å². The van der Waals surface area contributed by atoms with Crippen LogP contribution in [-0.4, -0.2) is 18.0 Å². The first-order valence-corrected chi connectivity index (χ1v) is 8.02. The summed E-state index contributed by atoms with van der Waals surface area (Å²) in [6.07, 6.45) is 4.88. The van der Waals surface area contributed by atoms with Crippen molar-refractivity contribution < 1.29 is 9.53 Å². The van der Waals surface area contributed by atoms with Crippen molar-refractivity contribution in [2.45, 2.75) is 26.3 Å². The Balaban J connectivity index is 2.22. The summed E-state index contributed by atoms with van der Waals surface area (Å²) in [5, 5.41) is 12.1. The van der Waals surface area contributed by atoms with Gasteiger partial charge in [0.15, 0.2) is 0 Å². The van der Waals surface area contributed by atoms with Crippen molar-refractivity contribution in [1.82, 2.24) is 10.3 Å². The predicted molar refractivity (Wildman–Crippen MR) is 96.8 cm³/mol. The van der Waals surface area contributed by atoms with Crippen LogP contribution in [0.5, 0.6) is 5.75 Å². The van der Waals surface area contributed by atoms with Gasteiger partial charge in [0.1, 0.15) is 17.4 Å². The lowest BCUT2D eigenvalue weighted by Crippen LogP contribution is -2.23. The topological polar surface area (TPSA) is 75.0 Å². The van der Waals surface area contributed by atoms with Crippen molar-refractivity contribution in [3.8, 4) is 11.8 Å². The van der Waals surface area contributed by atoms with Crippen LogP contribution < -0.4 is 10.1 Å². The highest BCUT2D eigenvalue weighted by Gasteiger charge is 2.12. The lowest BCUT2D eigenvalue weighted by atomic mass is 9.99. The third kappa shape index (κ3) is 4.92. The molecule has 1 aromatic heterocycles. The monoisotopic (exact) mass is 335 g/mol. The molecule has 0 fully saturated rings. The summed E-state index contributed by atoms with van der Waals surface area (Å²) >= 11 is 0. The number of hydrogen-bond acceptors (Lipinski definition) is 4. The molecule has 25 heavy (non-hydrogen) atoms. The van der Waals surface area contributed by atoms with E-state index in [0.717, 1.165) is 11.1 Å². The Morgan fingerprint density at radius 1 is 1.32 bits per heavy atom. The van der Waals surface area contributed by atoms with E-state index in [4.69, 9.17) is 4.74 Å². The van der Waals surface area contributed by atoms with Crippen LogP contribution in [0, 0.1) is 11.3 Å². The summed E-state index contributed by atoms with van der Waals surface area (Å²) in [4.78, 5) is 16.2. The molecule has 2 rings (SSSR count). The molecule has 0 spiro atoms. The number of carbonyl (C=O) groups excluding carboxylic acids is 1. The highest BCUT2D eigenvalue weighted by molar-refractivity contribution is 6.01. The summed E-state index contributed by atoms with van der Waals surface area (Å²) in [6, 6.07) is 11.4.